The summed E-state index contributed by atoms with van der Waals surface area (Å²) in [5, 5.41) is 1.23. The van der Waals surface area contributed by atoms with Gasteiger partial charge in [-0.15, -0.1) is 0 Å². The maximum absolute atomic E-state index is 11.2. The summed E-state index contributed by atoms with van der Waals surface area (Å²) in [6.07, 6.45) is 0. The number of halogens is 3. The predicted octanol–water partition coefficient (Wildman–Crippen LogP) is 5.22. The average Bonchev–Trinajstić information content (AvgIpc) is 2.52. The second-order valence-corrected chi connectivity index (χ2v) is 11.9. The summed E-state index contributed by atoms with van der Waals surface area (Å²) >= 11 is 11.5. The summed E-state index contributed by atoms with van der Waals surface area (Å²) in [5.41, 5.74) is 8.73. The molecule has 0 aliphatic rings. The number of nitrogens with one attached hydrogen (secondary N) is 1. The van der Waals surface area contributed by atoms with Gasteiger partial charge in [0.05, 0.1) is 17.2 Å². The highest BCUT2D eigenvalue weighted by Crippen LogP contribution is 2.19. The van der Waals surface area contributed by atoms with Crippen molar-refractivity contribution >= 4 is 64.3 Å². The van der Waals surface area contributed by atoms with Crippen LogP contribution in [0.1, 0.15) is 25.0 Å². The van der Waals surface area contributed by atoms with E-state index in [0.29, 0.717) is 15.7 Å². The molecular weight excluding hydrogens is 479 g/mol. The van der Waals surface area contributed by atoms with Crippen LogP contribution in [0.5, 0.6) is 0 Å². The number of hydrogen-bond acceptors (Lipinski definition) is 5. The highest BCUT2D eigenvalue weighted by atomic mass is 35.7. The Bertz CT molecular complexity index is 941. The molecule has 3 N–H and O–H groups in total. The van der Waals surface area contributed by atoms with Crippen molar-refractivity contribution in [3.63, 3.8) is 0 Å². The zero-order valence-corrected chi connectivity index (χ0v) is 20.4. The van der Waals surface area contributed by atoms with Crippen LogP contribution in [0.4, 0.5) is 11.4 Å². The molecular formula is C18H25Cl3N2O4S2. The van der Waals surface area contributed by atoms with E-state index >= 15 is 0 Å². The lowest BCUT2D eigenvalue weighted by molar-refractivity contribution is 0.602. The van der Waals surface area contributed by atoms with Gasteiger partial charge in [-0.1, -0.05) is 30.1 Å². The molecule has 0 aliphatic carbocycles. The van der Waals surface area contributed by atoms with Gasteiger partial charge in [0.15, 0.2) is 0 Å². The van der Waals surface area contributed by atoms with Crippen molar-refractivity contribution in [3.05, 3.63) is 57.6 Å². The molecule has 11 heteroatoms. The largest absolute Gasteiger partial charge is 0.399 e. The van der Waals surface area contributed by atoms with Crippen molar-refractivity contribution in [2.45, 2.75) is 27.7 Å². The Hall–Kier alpha value is -1.19. The average molecular weight is 504 g/mol. The van der Waals surface area contributed by atoms with Gasteiger partial charge in [-0.2, -0.15) is 0 Å². The van der Waals surface area contributed by atoms with Crippen LogP contribution >= 0.6 is 33.9 Å². The second kappa shape index (κ2) is 12.5. The Labute approximate surface area is 187 Å². The van der Waals surface area contributed by atoms with Crippen LogP contribution in [-0.2, 0) is 19.1 Å². The minimum Gasteiger partial charge on any atom is -0.399 e. The van der Waals surface area contributed by atoms with Gasteiger partial charge < -0.3 is 5.73 Å². The predicted molar refractivity (Wildman–Crippen MR) is 125 cm³/mol. The van der Waals surface area contributed by atoms with Crippen LogP contribution < -0.4 is 10.5 Å². The summed E-state index contributed by atoms with van der Waals surface area (Å²) in [6.45, 7) is 6.89. The van der Waals surface area contributed by atoms with E-state index in [-0.39, 0.29) is 11.5 Å². The first-order chi connectivity index (χ1) is 13.2. The maximum Gasteiger partial charge on any atom is 0.232 e. The van der Waals surface area contributed by atoms with Crippen molar-refractivity contribution in [1.29, 1.82) is 0 Å². The Morgan fingerprint density at radius 3 is 1.62 bits per heavy atom. The van der Waals surface area contributed by atoms with Crippen LogP contribution in [-0.4, -0.2) is 28.3 Å². The Balaban J connectivity index is 0.000000448. The van der Waals surface area contributed by atoms with Crippen LogP contribution in [0.15, 0.2) is 36.4 Å². The molecule has 0 saturated heterocycles. The summed E-state index contributed by atoms with van der Waals surface area (Å²) in [4.78, 5) is 0. The molecule has 0 atom stereocenters. The fraction of sp³-hybridized carbons (Fsp3) is 0.333. The summed E-state index contributed by atoms with van der Waals surface area (Å²) in [5.74, 6) is 0.0626. The Kier molecular flexibility index (Phi) is 12.0. The quantitative estimate of drug-likeness (QED) is 0.439. The van der Waals surface area contributed by atoms with E-state index in [1.54, 1.807) is 31.2 Å². The molecule has 0 aromatic heterocycles. The third-order valence-corrected chi connectivity index (χ3v) is 6.19. The Morgan fingerprint density at radius 2 is 1.28 bits per heavy atom. The Morgan fingerprint density at radius 1 is 0.828 bits per heavy atom. The molecule has 0 fully saturated rings. The van der Waals surface area contributed by atoms with Gasteiger partial charge in [-0.25, -0.2) is 16.8 Å². The molecule has 0 heterocycles. The SMILES string of the molecule is CCS(=O)(=O)Cl.CCS(=O)(=O)Nc1cc(C)cc(Cl)c1.Cc1cc(N)cc(Cl)c1. The van der Waals surface area contributed by atoms with Gasteiger partial charge in [-0.05, 0) is 68.3 Å². The molecule has 0 radical (unpaired) electrons. The molecule has 0 amide bonds. The number of rotatable bonds is 4. The smallest absolute Gasteiger partial charge is 0.232 e. The van der Waals surface area contributed by atoms with Gasteiger partial charge in [0.2, 0.25) is 19.1 Å². The molecule has 0 unspecified atom stereocenters. The fourth-order valence-corrected chi connectivity index (χ4v) is 3.02. The highest BCUT2D eigenvalue weighted by Gasteiger charge is 2.07. The van der Waals surface area contributed by atoms with Crippen LogP contribution in [0, 0.1) is 13.8 Å². The zero-order chi connectivity index (χ0) is 22.8. The van der Waals surface area contributed by atoms with Gasteiger partial charge in [0.25, 0.3) is 0 Å². The van der Waals surface area contributed by atoms with Crippen LogP contribution in [0.2, 0.25) is 10.0 Å². The standard InChI is InChI=1S/C9H12ClNO2S.C7H8ClN.C2H5ClO2S/c1-3-14(12,13)11-9-5-7(2)4-8(10)6-9;1-5-2-6(8)4-7(9)3-5;1-2-6(3,4)5/h4-6,11H,3H2,1-2H3;2-4H,9H2,1H3;2H2,1H3. The summed E-state index contributed by atoms with van der Waals surface area (Å²) in [6, 6.07) is 10.6. The lowest BCUT2D eigenvalue weighted by Crippen LogP contribution is -2.14. The van der Waals surface area contributed by atoms with Crippen molar-refractivity contribution in [2.75, 3.05) is 22.0 Å². The first-order valence-electron chi connectivity index (χ1n) is 8.40. The number of aryl methyl sites for hydroxylation is 2. The van der Waals surface area contributed by atoms with Gasteiger partial charge in [0, 0.05) is 26.4 Å². The van der Waals surface area contributed by atoms with E-state index in [0.717, 1.165) is 16.8 Å². The van der Waals surface area contributed by atoms with Crippen molar-refractivity contribution in [3.8, 4) is 0 Å². The number of nitrogen functional groups attached to an aromatic ring is 1. The lowest BCUT2D eigenvalue weighted by atomic mass is 10.2. The third-order valence-electron chi connectivity index (χ3n) is 3.10. The maximum atomic E-state index is 11.2. The number of sulfonamides is 1. The van der Waals surface area contributed by atoms with E-state index in [9.17, 15) is 16.8 Å². The summed E-state index contributed by atoms with van der Waals surface area (Å²) < 4.78 is 44.4. The van der Waals surface area contributed by atoms with Crippen LogP contribution in [0.25, 0.3) is 0 Å². The summed E-state index contributed by atoms with van der Waals surface area (Å²) in [7, 11) is -1.71. The molecule has 2 aromatic carbocycles. The van der Waals surface area contributed by atoms with E-state index in [2.05, 4.69) is 15.4 Å². The van der Waals surface area contributed by atoms with Crippen molar-refractivity contribution in [2.24, 2.45) is 0 Å². The third kappa shape index (κ3) is 14.4. The van der Waals surface area contributed by atoms with E-state index in [4.69, 9.17) is 28.9 Å². The van der Waals surface area contributed by atoms with E-state index < -0.39 is 19.1 Å². The molecule has 0 aliphatic heterocycles. The van der Waals surface area contributed by atoms with Gasteiger partial charge in [-0.3, -0.25) is 4.72 Å². The zero-order valence-electron chi connectivity index (χ0n) is 16.5. The van der Waals surface area contributed by atoms with Gasteiger partial charge >= 0.3 is 0 Å². The molecule has 0 bridgehead atoms. The fourth-order valence-electron chi connectivity index (χ4n) is 1.81. The minimum absolute atomic E-state index is 0.00849. The molecule has 164 valence electrons. The van der Waals surface area contributed by atoms with E-state index in [1.165, 1.54) is 6.92 Å². The highest BCUT2D eigenvalue weighted by molar-refractivity contribution is 8.13. The van der Waals surface area contributed by atoms with Gasteiger partial charge in [0.1, 0.15) is 0 Å². The van der Waals surface area contributed by atoms with E-state index in [1.807, 2.05) is 26.0 Å². The van der Waals surface area contributed by atoms with Crippen LogP contribution in [0.3, 0.4) is 0 Å². The first kappa shape index (κ1) is 27.8. The van der Waals surface area contributed by atoms with Crippen molar-refractivity contribution < 1.29 is 16.8 Å². The molecule has 2 aromatic rings. The minimum atomic E-state index is -3.21. The topological polar surface area (TPSA) is 106 Å². The normalized spacial score (nSPS) is 10.9. The molecule has 29 heavy (non-hydrogen) atoms. The number of benzene rings is 2. The number of anilines is 2. The lowest BCUT2D eigenvalue weighted by Gasteiger charge is -2.07. The van der Waals surface area contributed by atoms with Crippen molar-refractivity contribution in [1.82, 2.24) is 0 Å². The second-order valence-electron chi connectivity index (χ2n) is 5.91. The molecule has 6 nitrogen and oxygen atoms in total. The number of nitrogens with two attached hydrogens (primary N) is 1. The monoisotopic (exact) mass is 502 g/mol. The first-order valence-corrected chi connectivity index (χ1v) is 13.3. The number of hydrogen-bond donors (Lipinski definition) is 2. The molecule has 2 rings (SSSR count). The molecule has 0 spiro atoms. The molecule has 0 saturated carbocycles.